The Labute approximate surface area is 119 Å². The van der Waals surface area contributed by atoms with E-state index in [2.05, 4.69) is 18.3 Å². The van der Waals surface area contributed by atoms with Gasteiger partial charge < -0.3 is 15.2 Å². The highest BCUT2D eigenvalue weighted by molar-refractivity contribution is 5.50. The SMILES string of the molecule is CC1COc2ccccc2C1Nc1cccc(CO)c1. The lowest BCUT2D eigenvalue weighted by molar-refractivity contribution is 0.214. The lowest BCUT2D eigenvalue weighted by Crippen LogP contribution is -2.28. The molecule has 3 heteroatoms. The summed E-state index contributed by atoms with van der Waals surface area (Å²) in [6.07, 6.45) is 0. The zero-order chi connectivity index (χ0) is 13.9. The third-order valence-electron chi connectivity index (χ3n) is 3.76. The Hall–Kier alpha value is -2.00. The maximum atomic E-state index is 9.23. The van der Waals surface area contributed by atoms with Crippen molar-refractivity contribution in [1.82, 2.24) is 0 Å². The van der Waals surface area contributed by atoms with Gasteiger partial charge in [0.25, 0.3) is 0 Å². The molecule has 0 saturated heterocycles. The number of ether oxygens (including phenoxy) is 1. The van der Waals surface area contributed by atoms with Crippen LogP contribution in [0.2, 0.25) is 0 Å². The molecular formula is C17H19NO2. The zero-order valence-corrected chi connectivity index (χ0v) is 11.5. The van der Waals surface area contributed by atoms with Crippen LogP contribution in [0, 0.1) is 5.92 Å². The van der Waals surface area contributed by atoms with Crippen molar-refractivity contribution in [3.8, 4) is 5.75 Å². The molecule has 0 spiro atoms. The number of para-hydroxylation sites is 1. The second-order valence-corrected chi connectivity index (χ2v) is 5.31. The first-order chi connectivity index (χ1) is 9.78. The lowest BCUT2D eigenvalue weighted by Gasteiger charge is -2.32. The summed E-state index contributed by atoms with van der Waals surface area (Å²) in [5, 5.41) is 12.8. The fourth-order valence-electron chi connectivity index (χ4n) is 2.65. The van der Waals surface area contributed by atoms with Crippen LogP contribution in [0.5, 0.6) is 5.75 Å². The van der Waals surface area contributed by atoms with Gasteiger partial charge >= 0.3 is 0 Å². The molecule has 1 heterocycles. The van der Waals surface area contributed by atoms with Gasteiger partial charge in [-0.1, -0.05) is 37.3 Å². The molecule has 3 nitrogen and oxygen atoms in total. The highest BCUT2D eigenvalue weighted by atomic mass is 16.5. The highest BCUT2D eigenvalue weighted by Gasteiger charge is 2.27. The third-order valence-corrected chi connectivity index (χ3v) is 3.76. The minimum atomic E-state index is 0.0649. The predicted octanol–water partition coefficient (Wildman–Crippen LogP) is 3.36. The molecule has 0 aliphatic carbocycles. The molecule has 0 amide bonds. The summed E-state index contributed by atoms with van der Waals surface area (Å²) in [6.45, 7) is 2.97. The Morgan fingerprint density at radius 2 is 2.05 bits per heavy atom. The summed E-state index contributed by atoms with van der Waals surface area (Å²) in [7, 11) is 0. The summed E-state index contributed by atoms with van der Waals surface area (Å²) in [5.74, 6) is 1.35. The predicted molar refractivity (Wildman–Crippen MR) is 79.8 cm³/mol. The molecular weight excluding hydrogens is 250 g/mol. The van der Waals surface area contributed by atoms with E-state index in [1.165, 1.54) is 5.56 Å². The Morgan fingerprint density at radius 1 is 1.20 bits per heavy atom. The molecule has 0 radical (unpaired) electrons. The van der Waals surface area contributed by atoms with Crippen LogP contribution in [-0.2, 0) is 6.61 Å². The molecule has 2 aromatic rings. The van der Waals surface area contributed by atoms with E-state index < -0.39 is 0 Å². The average molecular weight is 269 g/mol. The van der Waals surface area contributed by atoms with Gasteiger partial charge in [-0.2, -0.15) is 0 Å². The second-order valence-electron chi connectivity index (χ2n) is 5.31. The molecule has 1 aliphatic heterocycles. The Kier molecular flexibility index (Phi) is 3.61. The normalized spacial score (nSPS) is 20.9. The number of anilines is 1. The van der Waals surface area contributed by atoms with Crippen LogP contribution in [0.3, 0.4) is 0 Å². The molecule has 1 aliphatic rings. The van der Waals surface area contributed by atoms with Gasteiger partial charge in [0.15, 0.2) is 0 Å². The fraction of sp³-hybridized carbons (Fsp3) is 0.294. The second kappa shape index (κ2) is 5.55. The third kappa shape index (κ3) is 2.49. The van der Waals surface area contributed by atoms with Crippen LogP contribution in [-0.4, -0.2) is 11.7 Å². The quantitative estimate of drug-likeness (QED) is 0.897. The largest absolute Gasteiger partial charge is 0.493 e. The van der Waals surface area contributed by atoms with Gasteiger partial charge in [-0.15, -0.1) is 0 Å². The van der Waals surface area contributed by atoms with Crippen molar-refractivity contribution in [1.29, 1.82) is 0 Å². The van der Waals surface area contributed by atoms with Crippen molar-refractivity contribution in [2.24, 2.45) is 5.92 Å². The monoisotopic (exact) mass is 269 g/mol. The van der Waals surface area contributed by atoms with E-state index in [1.54, 1.807) is 0 Å². The van der Waals surface area contributed by atoms with Gasteiger partial charge in [0, 0.05) is 17.2 Å². The van der Waals surface area contributed by atoms with Crippen molar-refractivity contribution < 1.29 is 9.84 Å². The molecule has 0 aromatic heterocycles. The van der Waals surface area contributed by atoms with Crippen LogP contribution in [0.25, 0.3) is 0 Å². The number of fused-ring (bicyclic) bond motifs is 1. The first-order valence-electron chi connectivity index (χ1n) is 6.96. The van der Waals surface area contributed by atoms with Crippen LogP contribution < -0.4 is 10.1 Å². The van der Waals surface area contributed by atoms with E-state index in [1.807, 2.05) is 42.5 Å². The molecule has 2 atom stereocenters. The molecule has 0 saturated carbocycles. The average Bonchev–Trinajstić information content (AvgIpc) is 2.50. The minimum absolute atomic E-state index is 0.0649. The first kappa shape index (κ1) is 13.0. The van der Waals surface area contributed by atoms with Gasteiger partial charge in [-0.3, -0.25) is 0 Å². The molecule has 2 aromatic carbocycles. The van der Waals surface area contributed by atoms with Crippen molar-refractivity contribution in [3.05, 3.63) is 59.7 Å². The van der Waals surface area contributed by atoms with Crippen LogP contribution >= 0.6 is 0 Å². The van der Waals surface area contributed by atoms with Gasteiger partial charge in [0.2, 0.25) is 0 Å². The Bertz CT molecular complexity index is 597. The van der Waals surface area contributed by atoms with Gasteiger partial charge in [-0.25, -0.2) is 0 Å². The summed E-state index contributed by atoms with van der Waals surface area (Å²) in [6, 6.07) is 16.3. The van der Waals surface area contributed by atoms with Gasteiger partial charge in [0.1, 0.15) is 5.75 Å². The Morgan fingerprint density at radius 3 is 2.90 bits per heavy atom. The first-order valence-corrected chi connectivity index (χ1v) is 6.96. The van der Waals surface area contributed by atoms with E-state index in [-0.39, 0.29) is 12.6 Å². The zero-order valence-electron chi connectivity index (χ0n) is 11.5. The number of rotatable bonds is 3. The van der Waals surface area contributed by atoms with Crippen LogP contribution in [0.4, 0.5) is 5.69 Å². The van der Waals surface area contributed by atoms with Gasteiger partial charge in [-0.05, 0) is 23.8 Å². The summed E-state index contributed by atoms with van der Waals surface area (Å²) >= 11 is 0. The van der Waals surface area contributed by atoms with Crippen molar-refractivity contribution in [3.63, 3.8) is 0 Å². The summed E-state index contributed by atoms with van der Waals surface area (Å²) in [5.41, 5.74) is 3.15. The van der Waals surface area contributed by atoms with E-state index in [0.29, 0.717) is 12.5 Å². The maximum Gasteiger partial charge on any atom is 0.124 e. The molecule has 0 bridgehead atoms. The van der Waals surface area contributed by atoms with E-state index in [0.717, 1.165) is 17.0 Å². The number of aliphatic hydroxyl groups excluding tert-OH is 1. The van der Waals surface area contributed by atoms with E-state index >= 15 is 0 Å². The van der Waals surface area contributed by atoms with Gasteiger partial charge in [0.05, 0.1) is 19.3 Å². The molecule has 2 N–H and O–H groups in total. The van der Waals surface area contributed by atoms with Crippen LogP contribution in [0.15, 0.2) is 48.5 Å². The van der Waals surface area contributed by atoms with Crippen molar-refractivity contribution >= 4 is 5.69 Å². The molecule has 3 rings (SSSR count). The van der Waals surface area contributed by atoms with E-state index in [4.69, 9.17) is 4.74 Å². The standard InChI is InChI=1S/C17H19NO2/c1-12-11-20-16-8-3-2-7-15(16)17(12)18-14-6-4-5-13(9-14)10-19/h2-9,12,17-19H,10-11H2,1H3. The Balaban J connectivity index is 1.89. The van der Waals surface area contributed by atoms with Crippen LogP contribution in [0.1, 0.15) is 24.1 Å². The van der Waals surface area contributed by atoms with Crippen molar-refractivity contribution in [2.75, 3.05) is 11.9 Å². The van der Waals surface area contributed by atoms with Crippen molar-refractivity contribution in [2.45, 2.75) is 19.6 Å². The summed E-state index contributed by atoms with van der Waals surface area (Å²) < 4.78 is 5.77. The fourth-order valence-corrected chi connectivity index (χ4v) is 2.65. The number of hydrogen-bond acceptors (Lipinski definition) is 3. The number of hydrogen-bond donors (Lipinski definition) is 2. The minimum Gasteiger partial charge on any atom is -0.493 e. The number of aliphatic hydroxyl groups is 1. The highest BCUT2D eigenvalue weighted by Crippen LogP contribution is 2.37. The molecule has 20 heavy (non-hydrogen) atoms. The summed E-state index contributed by atoms with van der Waals surface area (Å²) in [4.78, 5) is 0. The topological polar surface area (TPSA) is 41.5 Å². The molecule has 0 fully saturated rings. The smallest absolute Gasteiger partial charge is 0.124 e. The maximum absolute atomic E-state index is 9.23. The number of benzene rings is 2. The lowest BCUT2D eigenvalue weighted by atomic mass is 9.91. The molecule has 104 valence electrons. The molecule has 2 unspecified atom stereocenters. The van der Waals surface area contributed by atoms with E-state index in [9.17, 15) is 5.11 Å². The number of nitrogens with one attached hydrogen (secondary N) is 1.